The van der Waals surface area contributed by atoms with E-state index in [0.717, 1.165) is 17.1 Å². The second-order valence-corrected chi connectivity index (χ2v) is 13.2. The maximum atomic E-state index is 2.38. The van der Waals surface area contributed by atoms with Crippen molar-refractivity contribution in [3.63, 3.8) is 0 Å². The zero-order chi connectivity index (χ0) is 31.9. The molecule has 1 heterocycles. The highest BCUT2D eigenvalue weighted by Crippen LogP contribution is 2.44. The lowest BCUT2D eigenvalue weighted by Gasteiger charge is -2.28. The van der Waals surface area contributed by atoms with E-state index >= 15 is 0 Å². The van der Waals surface area contributed by atoms with Gasteiger partial charge in [0, 0.05) is 37.1 Å². The number of hydrogen-bond donors (Lipinski definition) is 0. The minimum Gasteiger partial charge on any atom is -0.310 e. The molecule has 226 valence electrons. The van der Waals surface area contributed by atoms with Gasteiger partial charge < -0.3 is 4.90 Å². The van der Waals surface area contributed by atoms with Crippen molar-refractivity contribution >= 4 is 59.3 Å². The summed E-state index contributed by atoms with van der Waals surface area (Å²) >= 11 is 1.88. The van der Waals surface area contributed by atoms with E-state index in [4.69, 9.17) is 0 Å². The molecule has 9 aromatic rings. The van der Waals surface area contributed by atoms with Gasteiger partial charge in [0.05, 0.1) is 5.69 Å². The van der Waals surface area contributed by atoms with Gasteiger partial charge in [0.25, 0.3) is 0 Å². The first-order valence-electron chi connectivity index (χ1n) is 16.4. The summed E-state index contributed by atoms with van der Waals surface area (Å²) in [5, 5.41) is 5.17. The van der Waals surface area contributed by atoms with Crippen LogP contribution in [0.15, 0.2) is 188 Å². The first-order valence-corrected chi connectivity index (χ1v) is 17.2. The molecule has 0 saturated heterocycles. The van der Waals surface area contributed by atoms with Gasteiger partial charge in [-0.05, 0) is 81.1 Å². The zero-order valence-electron chi connectivity index (χ0n) is 26.3. The summed E-state index contributed by atoms with van der Waals surface area (Å²) in [4.78, 5) is 2.38. The van der Waals surface area contributed by atoms with Gasteiger partial charge in [0.2, 0.25) is 0 Å². The minimum atomic E-state index is 1.12. The Labute approximate surface area is 284 Å². The molecular weight excluding hydrogens is 599 g/mol. The first kappa shape index (κ1) is 28.3. The van der Waals surface area contributed by atoms with E-state index in [2.05, 4.69) is 193 Å². The average molecular weight is 630 g/mol. The lowest BCUT2D eigenvalue weighted by atomic mass is 9.94. The number of rotatable bonds is 6. The van der Waals surface area contributed by atoms with Crippen LogP contribution in [0.25, 0.3) is 64.3 Å². The SMILES string of the molecule is c1ccc(N(c2ccc(-c3cccc4c3sc3ccccc34)cc2)c2ccccc2-c2cccc(-c3cccc4ccccc34)c2)cc1. The molecule has 0 spiro atoms. The topological polar surface area (TPSA) is 3.24 Å². The van der Waals surface area contributed by atoms with Crippen LogP contribution in [0.2, 0.25) is 0 Å². The molecule has 0 amide bonds. The predicted octanol–water partition coefficient (Wildman–Crippen LogP) is 13.7. The predicted molar refractivity (Wildman–Crippen MR) is 208 cm³/mol. The number of nitrogens with zero attached hydrogens (tertiary/aromatic N) is 1. The van der Waals surface area contributed by atoms with Crippen LogP contribution < -0.4 is 4.90 Å². The molecule has 2 heteroatoms. The van der Waals surface area contributed by atoms with Crippen molar-refractivity contribution in [3.05, 3.63) is 188 Å². The maximum Gasteiger partial charge on any atom is 0.0540 e. The van der Waals surface area contributed by atoms with E-state index in [1.165, 1.54) is 64.3 Å². The molecule has 0 aliphatic rings. The van der Waals surface area contributed by atoms with Crippen LogP contribution in [0.1, 0.15) is 0 Å². The van der Waals surface area contributed by atoms with Gasteiger partial charge in [-0.2, -0.15) is 0 Å². The van der Waals surface area contributed by atoms with Gasteiger partial charge >= 0.3 is 0 Å². The quantitative estimate of drug-likeness (QED) is 0.177. The highest BCUT2D eigenvalue weighted by atomic mass is 32.1. The molecule has 0 radical (unpaired) electrons. The van der Waals surface area contributed by atoms with E-state index in [1.807, 2.05) is 11.3 Å². The van der Waals surface area contributed by atoms with E-state index in [-0.39, 0.29) is 0 Å². The number of hydrogen-bond acceptors (Lipinski definition) is 2. The number of thiophene rings is 1. The Balaban J connectivity index is 1.15. The van der Waals surface area contributed by atoms with Crippen LogP contribution in [-0.2, 0) is 0 Å². The van der Waals surface area contributed by atoms with Crippen LogP contribution in [0, 0.1) is 0 Å². The van der Waals surface area contributed by atoms with Gasteiger partial charge in [0.15, 0.2) is 0 Å². The van der Waals surface area contributed by atoms with E-state index < -0.39 is 0 Å². The van der Waals surface area contributed by atoms with Gasteiger partial charge in [-0.15, -0.1) is 11.3 Å². The Morgan fingerprint density at radius 2 is 0.938 bits per heavy atom. The van der Waals surface area contributed by atoms with Crippen molar-refractivity contribution in [1.82, 2.24) is 0 Å². The fourth-order valence-corrected chi connectivity index (χ4v) is 8.25. The second kappa shape index (κ2) is 12.0. The molecule has 0 bridgehead atoms. The summed E-state index contributed by atoms with van der Waals surface area (Å²) in [5.74, 6) is 0. The molecule has 0 fully saturated rings. The summed E-state index contributed by atoms with van der Waals surface area (Å²) in [5.41, 5.74) is 10.7. The number of fused-ring (bicyclic) bond motifs is 4. The van der Waals surface area contributed by atoms with E-state index in [1.54, 1.807) is 0 Å². The fourth-order valence-electron chi connectivity index (χ4n) is 7.01. The number of benzene rings is 8. The van der Waals surface area contributed by atoms with E-state index in [0.29, 0.717) is 0 Å². The average Bonchev–Trinajstić information content (AvgIpc) is 3.55. The summed E-state index contributed by atoms with van der Waals surface area (Å²) in [6, 6.07) is 68.0. The molecule has 1 nitrogen and oxygen atoms in total. The lowest BCUT2D eigenvalue weighted by Crippen LogP contribution is -2.11. The molecule has 1 aromatic heterocycles. The zero-order valence-corrected chi connectivity index (χ0v) is 27.1. The standard InChI is InChI=1S/C46H31NS/c1-2-17-36(18-3-1)47(37-29-27-33(28-30-37)41-23-12-24-43-42-21-7-9-26-45(42)48-46(41)43)44-25-8-6-20-40(44)35-16-10-15-34(31-35)39-22-11-14-32-13-4-5-19-38(32)39/h1-31H. The molecule has 0 N–H and O–H groups in total. The van der Waals surface area contributed by atoms with Crippen molar-refractivity contribution in [2.24, 2.45) is 0 Å². The molecular formula is C46H31NS. The molecule has 0 aliphatic carbocycles. The smallest absolute Gasteiger partial charge is 0.0540 e. The monoisotopic (exact) mass is 629 g/mol. The van der Waals surface area contributed by atoms with Crippen LogP contribution in [0.3, 0.4) is 0 Å². The molecule has 0 aliphatic heterocycles. The Bertz CT molecular complexity index is 2560. The molecule has 0 atom stereocenters. The Hall–Kier alpha value is -5.96. The molecule has 0 saturated carbocycles. The van der Waals surface area contributed by atoms with Crippen LogP contribution in [0.4, 0.5) is 17.1 Å². The second-order valence-electron chi connectivity index (χ2n) is 12.1. The van der Waals surface area contributed by atoms with Crippen LogP contribution >= 0.6 is 11.3 Å². The molecule has 9 rings (SSSR count). The summed E-state index contributed by atoms with van der Waals surface area (Å²) in [7, 11) is 0. The van der Waals surface area contributed by atoms with Crippen molar-refractivity contribution in [3.8, 4) is 33.4 Å². The molecule has 8 aromatic carbocycles. The highest BCUT2D eigenvalue weighted by molar-refractivity contribution is 7.26. The Morgan fingerprint density at radius 3 is 1.81 bits per heavy atom. The van der Waals surface area contributed by atoms with Gasteiger partial charge in [0.1, 0.15) is 0 Å². The maximum absolute atomic E-state index is 2.38. The van der Waals surface area contributed by atoms with Crippen molar-refractivity contribution in [2.45, 2.75) is 0 Å². The third-order valence-electron chi connectivity index (χ3n) is 9.27. The van der Waals surface area contributed by atoms with Crippen molar-refractivity contribution in [2.75, 3.05) is 4.90 Å². The first-order chi connectivity index (χ1) is 23.8. The van der Waals surface area contributed by atoms with Gasteiger partial charge in [-0.1, -0.05) is 146 Å². The van der Waals surface area contributed by atoms with Crippen molar-refractivity contribution in [1.29, 1.82) is 0 Å². The summed E-state index contributed by atoms with van der Waals surface area (Å²) in [6.07, 6.45) is 0. The largest absolute Gasteiger partial charge is 0.310 e. The van der Waals surface area contributed by atoms with Crippen LogP contribution in [-0.4, -0.2) is 0 Å². The summed E-state index contributed by atoms with van der Waals surface area (Å²) < 4.78 is 2.66. The fraction of sp³-hybridized carbons (Fsp3) is 0. The molecule has 0 unspecified atom stereocenters. The lowest BCUT2D eigenvalue weighted by molar-refractivity contribution is 1.28. The number of para-hydroxylation sites is 2. The third-order valence-corrected chi connectivity index (χ3v) is 10.5. The third kappa shape index (κ3) is 4.95. The van der Waals surface area contributed by atoms with Crippen molar-refractivity contribution < 1.29 is 0 Å². The van der Waals surface area contributed by atoms with Gasteiger partial charge in [-0.25, -0.2) is 0 Å². The molecule has 48 heavy (non-hydrogen) atoms. The highest BCUT2D eigenvalue weighted by Gasteiger charge is 2.18. The Morgan fingerprint density at radius 1 is 0.354 bits per heavy atom. The van der Waals surface area contributed by atoms with Gasteiger partial charge in [-0.3, -0.25) is 0 Å². The normalized spacial score (nSPS) is 11.3. The number of anilines is 3. The van der Waals surface area contributed by atoms with E-state index in [9.17, 15) is 0 Å². The minimum absolute atomic E-state index is 1.12. The summed E-state index contributed by atoms with van der Waals surface area (Å²) in [6.45, 7) is 0. The Kier molecular flexibility index (Phi) is 7.07. The van der Waals surface area contributed by atoms with Crippen LogP contribution in [0.5, 0.6) is 0 Å².